The Morgan fingerprint density at radius 1 is 1.12 bits per heavy atom. The van der Waals surface area contributed by atoms with Crippen molar-refractivity contribution in [1.29, 1.82) is 0 Å². The summed E-state index contributed by atoms with van der Waals surface area (Å²) >= 11 is 0. The first-order valence-corrected chi connectivity index (χ1v) is 9.60. The smallest absolute Gasteiger partial charge is 0.322 e. The lowest BCUT2D eigenvalue weighted by Gasteiger charge is -2.41. The van der Waals surface area contributed by atoms with Gasteiger partial charge < -0.3 is 15.0 Å². The minimum Gasteiger partial charge on any atom is -0.466 e. The molecule has 1 fully saturated rings. The first-order chi connectivity index (χ1) is 12.5. The van der Waals surface area contributed by atoms with Crippen LogP contribution in [-0.2, 0) is 9.53 Å². The summed E-state index contributed by atoms with van der Waals surface area (Å²) in [5.74, 6) is -0.228. The second-order valence-electron chi connectivity index (χ2n) is 7.31. The van der Waals surface area contributed by atoms with Gasteiger partial charge in [-0.1, -0.05) is 31.4 Å². The molecule has 2 amide bonds. The molecule has 1 N–H and O–H groups in total. The number of ether oxygens (including phenoxy) is 1. The van der Waals surface area contributed by atoms with Crippen molar-refractivity contribution in [2.45, 2.75) is 51.0 Å². The number of likely N-dealkylation sites (N-methyl/N-ethyl adjacent to an activating group) is 1. The van der Waals surface area contributed by atoms with Gasteiger partial charge in [-0.15, -0.1) is 0 Å². The van der Waals surface area contributed by atoms with Gasteiger partial charge in [-0.2, -0.15) is 0 Å². The van der Waals surface area contributed by atoms with E-state index in [9.17, 15) is 9.59 Å². The molecular formula is C20H29N3O3. The number of nitrogens with zero attached hydrogens (tertiary/aromatic N) is 2. The summed E-state index contributed by atoms with van der Waals surface area (Å²) in [7, 11) is 2.04. The van der Waals surface area contributed by atoms with Crippen LogP contribution in [0.5, 0.6) is 0 Å². The van der Waals surface area contributed by atoms with E-state index in [4.69, 9.17) is 4.74 Å². The second kappa shape index (κ2) is 7.98. The Balaban J connectivity index is 1.78. The molecule has 0 unspecified atom stereocenters. The number of carbonyl (C=O) groups excluding carboxylic acids is 2. The molecule has 1 aliphatic heterocycles. The third kappa shape index (κ3) is 3.94. The molecule has 1 aromatic rings. The van der Waals surface area contributed by atoms with Crippen LogP contribution in [0.25, 0.3) is 0 Å². The van der Waals surface area contributed by atoms with Crippen molar-refractivity contribution in [2.24, 2.45) is 0 Å². The Hall–Kier alpha value is -2.24. The summed E-state index contributed by atoms with van der Waals surface area (Å²) in [6.45, 7) is 3.60. The molecule has 1 heterocycles. The standard InChI is InChI=1S/C20H29N3O3/c1-3-26-18(24)15-20(11-7-4-8-12-20)21-19(25)23-14-13-22(2)16-9-5-6-10-17(16)23/h5-6,9-10H,3-4,7-8,11-15H2,1-2H3,(H,21,25). The van der Waals surface area contributed by atoms with Crippen LogP contribution in [0, 0.1) is 0 Å². The van der Waals surface area contributed by atoms with Gasteiger partial charge in [-0.05, 0) is 31.9 Å². The molecule has 6 heteroatoms. The van der Waals surface area contributed by atoms with Crippen molar-refractivity contribution in [3.8, 4) is 0 Å². The zero-order valence-electron chi connectivity index (χ0n) is 15.8. The average molecular weight is 359 g/mol. The van der Waals surface area contributed by atoms with E-state index >= 15 is 0 Å². The first kappa shape index (κ1) is 18.5. The Labute approximate surface area is 155 Å². The summed E-state index contributed by atoms with van der Waals surface area (Å²) < 4.78 is 5.16. The number of fused-ring (bicyclic) bond motifs is 1. The maximum atomic E-state index is 13.1. The van der Waals surface area contributed by atoms with E-state index in [1.807, 2.05) is 38.2 Å². The molecule has 0 saturated heterocycles. The average Bonchev–Trinajstić information content (AvgIpc) is 2.63. The molecule has 1 aromatic carbocycles. The molecule has 0 spiro atoms. The van der Waals surface area contributed by atoms with Gasteiger partial charge >= 0.3 is 12.0 Å². The Morgan fingerprint density at radius 3 is 2.50 bits per heavy atom. The van der Waals surface area contributed by atoms with Crippen molar-refractivity contribution in [3.05, 3.63) is 24.3 Å². The lowest BCUT2D eigenvalue weighted by atomic mass is 9.79. The molecule has 2 aliphatic rings. The summed E-state index contributed by atoms with van der Waals surface area (Å²) in [6, 6.07) is 7.83. The molecular weight excluding hydrogens is 330 g/mol. The van der Waals surface area contributed by atoms with Gasteiger partial charge in [-0.25, -0.2) is 4.79 Å². The van der Waals surface area contributed by atoms with Crippen LogP contribution in [0.2, 0.25) is 0 Å². The number of amides is 2. The molecule has 1 saturated carbocycles. The third-order valence-electron chi connectivity index (χ3n) is 5.46. The summed E-state index contributed by atoms with van der Waals surface area (Å²) in [5.41, 5.74) is 1.48. The minimum atomic E-state index is -0.486. The van der Waals surface area contributed by atoms with Crippen molar-refractivity contribution >= 4 is 23.4 Å². The Morgan fingerprint density at radius 2 is 1.81 bits per heavy atom. The first-order valence-electron chi connectivity index (χ1n) is 9.60. The summed E-state index contributed by atoms with van der Waals surface area (Å²) in [6.07, 6.45) is 5.11. The second-order valence-corrected chi connectivity index (χ2v) is 7.31. The monoisotopic (exact) mass is 359 g/mol. The number of benzene rings is 1. The molecule has 0 aromatic heterocycles. The van der Waals surface area contributed by atoms with Crippen LogP contribution in [-0.4, -0.2) is 44.3 Å². The van der Waals surface area contributed by atoms with Crippen LogP contribution < -0.4 is 15.1 Å². The number of nitrogens with one attached hydrogen (secondary N) is 1. The number of hydrogen-bond donors (Lipinski definition) is 1. The van der Waals surface area contributed by atoms with Crippen molar-refractivity contribution in [2.75, 3.05) is 36.5 Å². The van der Waals surface area contributed by atoms with Crippen LogP contribution in [0.15, 0.2) is 24.3 Å². The van der Waals surface area contributed by atoms with Crippen molar-refractivity contribution < 1.29 is 14.3 Å². The molecule has 0 bridgehead atoms. The van der Waals surface area contributed by atoms with Gasteiger partial charge in [0, 0.05) is 20.1 Å². The highest BCUT2D eigenvalue weighted by molar-refractivity contribution is 5.97. The maximum Gasteiger partial charge on any atom is 0.322 e. The highest BCUT2D eigenvalue weighted by atomic mass is 16.5. The largest absolute Gasteiger partial charge is 0.466 e. The fourth-order valence-electron chi connectivity index (χ4n) is 4.07. The summed E-state index contributed by atoms with van der Waals surface area (Å²) in [4.78, 5) is 29.2. The van der Waals surface area contributed by atoms with Crippen LogP contribution >= 0.6 is 0 Å². The molecule has 6 nitrogen and oxygen atoms in total. The highest BCUT2D eigenvalue weighted by Gasteiger charge is 2.38. The van der Waals surface area contributed by atoms with Gasteiger partial charge in [0.05, 0.1) is 29.9 Å². The molecule has 26 heavy (non-hydrogen) atoms. The van der Waals surface area contributed by atoms with Crippen molar-refractivity contribution in [1.82, 2.24) is 5.32 Å². The van der Waals surface area contributed by atoms with E-state index in [1.54, 1.807) is 4.90 Å². The van der Waals surface area contributed by atoms with Gasteiger partial charge in [-0.3, -0.25) is 9.69 Å². The van der Waals surface area contributed by atoms with Crippen molar-refractivity contribution in [3.63, 3.8) is 0 Å². The number of carbonyl (C=O) groups is 2. The topological polar surface area (TPSA) is 61.9 Å². The molecule has 1 aliphatic carbocycles. The minimum absolute atomic E-state index is 0.114. The Kier molecular flexibility index (Phi) is 5.69. The number of anilines is 2. The number of hydrogen-bond acceptors (Lipinski definition) is 4. The van der Waals surface area contributed by atoms with Gasteiger partial charge in [0.1, 0.15) is 0 Å². The predicted octanol–water partition coefficient (Wildman–Crippen LogP) is 3.31. The maximum absolute atomic E-state index is 13.1. The zero-order chi connectivity index (χ0) is 18.6. The van der Waals surface area contributed by atoms with Gasteiger partial charge in [0.15, 0.2) is 0 Å². The van der Waals surface area contributed by atoms with E-state index in [0.29, 0.717) is 13.2 Å². The zero-order valence-corrected chi connectivity index (χ0v) is 15.8. The highest BCUT2D eigenvalue weighted by Crippen LogP contribution is 2.34. The van der Waals surface area contributed by atoms with Crippen LogP contribution in [0.3, 0.4) is 0 Å². The fourth-order valence-corrected chi connectivity index (χ4v) is 4.07. The van der Waals surface area contributed by atoms with Gasteiger partial charge in [0.25, 0.3) is 0 Å². The molecule has 0 atom stereocenters. The van der Waals surface area contributed by atoms with Gasteiger partial charge in [0.2, 0.25) is 0 Å². The number of rotatable bonds is 4. The van der Waals surface area contributed by atoms with E-state index < -0.39 is 5.54 Å². The molecule has 142 valence electrons. The molecule has 3 rings (SSSR count). The lowest BCUT2D eigenvalue weighted by Crippen LogP contribution is -2.57. The SMILES string of the molecule is CCOC(=O)CC1(NC(=O)N2CCN(C)c3ccccc32)CCCCC1. The Bertz CT molecular complexity index is 655. The quantitative estimate of drug-likeness (QED) is 0.838. The number of esters is 1. The van der Waals surface area contributed by atoms with E-state index in [0.717, 1.165) is 50.0 Å². The van der Waals surface area contributed by atoms with Crippen LogP contribution in [0.4, 0.5) is 16.2 Å². The summed E-state index contributed by atoms with van der Waals surface area (Å²) in [5, 5.41) is 3.21. The van der Waals surface area contributed by atoms with E-state index in [-0.39, 0.29) is 18.4 Å². The lowest BCUT2D eigenvalue weighted by molar-refractivity contribution is -0.145. The van der Waals surface area contributed by atoms with E-state index in [1.165, 1.54) is 0 Å². The molecule has 0 radical (unpaired) electrons. The van der Waals surface area contributed by atoms with Crippen LogP contribution in [0.1, 0.15) is 45.4 Å². The normalized spacial score (nSPS) is 18.8. The van der Waals surface area contributed by atoms with E-state index in [2.05, 4.69) is 10.2 Å². The third-order valence-corrected chi connectivity index (χ3v) is 5.46. The number of urea groups is 1. The predicted molar refractivity (Wildman–Crippen MR) is 103 cm³/mol. The fraction of sp³-hybridized carbons (Fsp3) is 0.600. The number of para-hydroxylation sites is 2.